The van der Waals surface area contributed by atoms with Crippen molar-refractivity contribution in [3.63, 3.8) is 0 Å². The molecule has 1 fully saturated rings. The highest BCUT2D eigenvalue weighted by molar-refractivity contribution is 7.91. The van der Waals surface area contributed by atoms with E-state index in [1.54, 1.807) is 0 Å². The lowest BCUT2D eigenvalue weighted by atomic mass is 10.1. The number of hydrogen-bond acceptors (Lipinski definition) is 5. The van der Waals surface area contributed by atoms with E-state index in [1.807, 2.05) is 61.5 Å². The van der Waals surface area contributed by atoms with E-state index in [1.165, 1.54) is 0 Å². The second kappa shape index (κ2) is 7.83. The van der Waals surface area contributed by atoms with Gasteiger partial charge in [0.2, 0.25) is 0 Å². The molecule has 3 aromatic rings. The summed E-state index contributed by atoms with van der Waals surface area (Å²) in [6.07, 6.45) is 0. The number of aromatic nitrogens is 1. The molecule has 0 atom stereocenters. The van der Waals surface area contributed by atoms with E-state index in [0.29, 0.717) is 30.9 Å². The molecule has 1 aliphatic rings. The standard InChI is InChI=1S/C22H23N3O3S/c1-16-20(14-18-4-2-3-5-21(18)24-16)22(26)23-15-17-6-8-19(9-7-17)25-10-12-29(27,28)13-11-25/h2-9,14H,10-13,15H2,1H3,(H,23,26). The van der Waals surface area contributed by atoms with E-state index in [9.17, 15) is 13.2 Å². The third kappa shape index (κ3) is 4.40. The first-order valence-electron chi connectivity index (χ1n) is 9.60. The summed E-state index contributed by atoms with van der Waals surface area (Å²) in [7, 11) is -2.89. The Morgan fingerprint density at radius 2 is 1.76 bits per heavy atom. The highest BCUT2D eigenvalue weighted by atomic mass is 32.2. The van der Waals surface area contributed by atoms with E-state index >= 15 is 0 Å². The zero-order valence-corrected chi connectivity index (χ0v) is 17.1. The smallest absolute Gasteiger partial charge is 0.253 e. The summed E-state index contributed by atoms with van der Waals surface area (Å²) < 4.78 is 23.1. The number of anilines is 1. The molecule has 1 aromatic heterocycles. The molecule has 1 aliphatic heterocycles. The van der Waals surface area contributed by atoms with Gasteiger partial charge in [0.1, 0.15) is 0 Å². The molecule has 1 N–H and O–H groups in total. The molecule has 1 saturated heterocycles. The molecule has 29 heavy (non-hydrogen) atoms. The zero-order valence-electron chi connectivity index (χ0n) is 16.3. The van der Waals surface area contributed by atoms with Crippen molar-refractivity contribution in [2.45, 2.75) is 13.5 Å². The van der Waals surface area contributed by atoms with Crippen molar-refractivity contribution in [1.82, 2.24) is 10.3 Å². The van der Waals surface area contributed by atoms with Crippen LogP contribution in [0.1, 0.15) is 21.6 Å². The van der Waals surface area contributed by atoms with Crippen molar-refractivity contribution in [1.29, 1.82) is 0 Å². The monoisotopic (exact) mass is 409 g/mol. The van der Waals surface area contributed by atoms with Crippen molar-refractivity contribution >= 4 is 32.3 Å². The minimum Gasteiger partial charge on any atom is -0.369 e. The van der Waals surface area contributed by atoms with Crippen LogP contribution in [0.25, 0.3) is 10.9 Å². The Labute approximate surface area is 170 Å². The third-order valence-electron chi connectivity index (χ3n) is 5.26. The molecular weight excluding hydrogens is 386 g/mol. The van der Waals surface area contributed by atoms with Crippen molar-refractivity contribution in [2.75, 3.05) is 29.5 Å². The predicted octanol–water partition coefficient (Wildman–Crippen LogP) is 2.71. The van der Waals surface area contributed by atoms with Crippen LogP contribution < -0.4 is 10.2 Å². The zero-order chi connectivity index (χ0) is 20.4. The van der Waals surface area contributed by atoms with Crippen LogP contribution >= 0.6 is 0 Å². The van der Waals surface area contributed by atoms with Crippen LogP contribution in [0, 0.1) is 6.92 Å². The van der Waals surface area contributed by atoms with Gasteiger partial charge in [-0.1, -0.05) is 30.3 Å². The van der Waals surface area contributed by atoms with Gasteiger partial charge in [0, 0.05) is 30.7 Å². The van der Waals surface area contributed by atoms with Crippen molar-refractivity contribution in [3.8, 4) is 0 Å². The minimum absolute atomic E-state index is 0.147. The van der Waals surface area contributed by atoms with Crippen LogP contribution in [0.3, 0.4) is 0 Å². The lowest BCUT2D eigenvalue weighted by molar-refractivity contribution is 0.0950. The van der Waals surface area contributed by atoms with Crippen LogP contribution in [0.4, 0.5) is 5.69 Å². The molecule has 2 heterocycles. The maximum absolute atomic E-state index is 12.6. The van der Waals surface area contributed by atoms with E-state index in [2.05, 4.69) is 15.2 Å². The van der Waals surface area contributed by atoms with Crippen molar-refractivity contribution < 1.29 is 13.2 Å². The maximum Gasteiger partial charge on any atom is 0.253 e. The molecule has 150 valence electrons. The number of hydrogen-bond donors (Lipinski definition) is 1. The average molecular weight is 410 g/mol. The van der Waals surface area contributed by atoms with E-state index < -0.39 is 9.84 Å². The molecule has 0 aliphatic carbocycles. The van der Waals surface area contributed by atoms with E-state index in [4.69, 9.17) is 0 Å². The SMILES string of the molecule is Cc1nc2ccccc2cc1C(=O)NCc1ccc(N2CCS(=O)(=O)CC2)cc1. The highest BCUT2D eigenvalue weighted by Crippen LogP contribution is 2.19. The van der Waals surface area contributed by atoms with Crippen LogP contribution in [0.5, 0.6) is 0 Å². The van der Waals surface area contributed by atoms with E-state index in [-0.39, 0.29) is 17.4 Å². The Bertz CT molecular complexity index is 1140. The van der Waals surface area contributed by atoms with Gasteiger partial charge >= 0.3 is 0 Å². The summed E-state index contributed by atoms with van der Waals surface area (Å²) in [5.41, 5.74) is 4.15. The summed E-state index contributed by atoms with van der Waals surface area (Å²) in [4.78, 5) is 19.2. The first-order valence-corrected chi connectivity index (χ1v) is 11.4. The van der Waals surface area contributed by atoms with Crippen LogP contribution in [-0.2, 0) is 16.4 Å². The predicted molar refractivity (Wildman–Crippen MR) is 115 cm³/mol. The number of nitrogens with one attached hydrogen (secondary N) is 1. The van der Waals surface area contributed by atoms with Gasteiger partial charge in [0.15, 0.2) is 9.84 Å². The number of carbonyl (C=O) groups excluding carboxylic acids is 1. The highest BCUT2D eigenvalue weighted by Gasteiger charge is 2.21. The van der Waals surface area contributed by atoms with Crippen LogP contribution in [0.2, 0.25) is 0 Å². The molecule has 0 saturated carbocycles. The summed E-state index contributed by atoms with van der Waals surface area (Å²) in [6, 6.07) is 17.5. The van der Waals surface area contributed by atoms with Gasteiger partial charge in [0.25, 0.3) is 5.91 Å². The molecule has 0 unspecified atom stereocenters. The van der Waals surface area contributed by atoms with Gasteiger partial charge in [-0.25, -0.2) is 8.42 Å². The first kappa shape index (κ1) is 19.4. The van der Waals surface area contributed by atoms with Gasteiger partial charge in [0.05, 0.1) is 28.3 Å². The Morgan fingerprint density at radius 1 is 1.07 bits per heavy atom. The fourth-order valence-electron chi connectivity index (χ4n) is 3.51. The number of sulfone groups is 1. The van der Waals surface area contributed by atoms with Gasteiger partial charge in [-0.3, -0.25) is 9.78 Å². The molecule has 0 radical (unpaired) electrons. The molecule has 6 nitrogen and oxygen atoms in total. The summed E-state index contributed by atoms with van der Waals surface area (Å²) in [5, 5.41) is 3.90. The van der Waals surface area contributed by atoms with Gasteiger partial charge in [-0.05, 0) is 36.8 Å². The number of aryl methyl sites for hydroxylation is 1. The molecule has 1 amide bonds. The maximum atomic E-state index is 12.6. The number of amides is 1. The largest absolute Gasteiger partial charge is 0.369 e. The fourth-order valence-corrected chi connectivity index (χ4v) is 4.72. The Kier molecular flexibility index (Phi) is 5.24. The van der Waals surface area contributed by atoms with Gasteiger partial charge in [-0.2, -0.15) is 0 Å². The van der Waals surface area contributed by atoms with Gasteiger partial charge in [-0.15, -0.1) is 0 Å². The Balaban J connectivity index is 1.40. The quantitative estimate of drug-likeness (QED) is 0.717. The van der Waals surface area contributed by atoms with Crippen molar-refractivity contribution in [2.24, 2.45) is 0 Å². The van der Waals surface area contributed by atoms with Crippen molar-refractivity contribution in [3.05, 3.63) is 71.4 Å². The number of para-hydroxylation sites is 1. The molecule has 7 heteroatoms. The van der Waals surface area contributed by atoms with Crippen LogP contribution in [0.15, 0.2) is 54.6 Å². The second-order valence-electron chi connectivity index (χ2n) is 7.30. The third-order valence-corrected chi connectivity index (χ3v) is 6.87. The summed E-state index contributed by atoms with van der Waals surface area (Å²) in [5.74, 6) is 0.250. The number of nitrogens with zero attached hydrogens (tertiary/aromatic N) is 2. The number of carbonyl (C=O) groups is 1. The number of rotatable bonds is 4. The van der Waals surface area contributed by atoms with E-state index in [0.717, 1.165) is 22.2 Å². The molecule has 4 rings (SSSR count). The average Bonchev–Trinajstić information content (AvgIpc) is 2.72. The minimum atomic E-state index is -2.89. The fraction of sp³-hybridized carbons (Fsp3) is 0.273. The second-order valence-corrected chi connectivity index (χ2v) is 9.61. The lowest BCUT2D eigenvalue weighted by Crippen LogP contribution is -2.40. The molecule has 2 aromatic carbocycles. The Hall–Kier alpha value is -2.93. The summed E-state index contributed by atoms with van der Waals surface area (Å²) >= 11 is 0. The topological polar surface area (TPSA) is 79.4 Å². The lowest BCUT2D eigenvalue weighted by Gasteiger charge is -2.28. The number of pyridine rings is 1. The number of benzene rings is 2. The summed E-state index contributed by atoms with van der Waals surface area (Å²) in [6.45, 7) is 3.30. The molecule has 0 spiro atoms. The number of fused-ring (bicyclic) bond motifs is 1. The molecule has 0 bridgehead atoms. The van der Waals surface area contributed by atoms with Crippen LogP contribution in [-0.4, -0.2) is 43.9 Å². The molecular formula is C22H23N3O3S. The Morgan fingerprint density at radius 3 is 2.48 bits per heavy atom. The normalized spacial score (nSPS) is 16.0. The van der Waals surface area contributed by atoms with Gasteiger partial charge < -0.3 is 10.2 Å². The first-order chi connectivity index (χ1) is 13.9.